The van der Waals surface area contributed by atoms with Crippen molar-refractivity contribution in [2.24, 2.45) is 5.92 Å². The van der Waals surface area contributed by atoms with Crippen LogP contribution in [0.25, 0.3) is 27.2 Å². The number of hydrogen-bond acceptors (Lipinski definition) is 4. The van der Waals surface area contributed by atoms with E-state index in [1.807, 2.05) is 42.8 Å². The van der Waals surface area contributed by atoms with E-state index >= 15 is 0 Å². The van der Waals surface area contributed by atoms with Gasteiger partial charge < -0.3 is 4.90 Å². The van der Waals surface area contributed by atoms with Crippen LogP contribution in [0.4, 0.5) is 0 Å². The molecule has 5 rings (SSSR count). The first-order valence-corrected chi connectivity index (χ1v) is 9.60. The Morgan fingerprint density at radius 3 is 2.66 bits per heavy atom. The van der Waals surface area contributed by atoms with Crippen LogP contribution in [0.2, 0.25) is 0 Å². The van der Waals surface area contributed by atoms with E-state index in [2.05, 4.69) is 22.0 Å². The van der Waals surface area contributed by atoms with Crippen molar-refractivity contribution >= 4 is 51.2 Å². The summed E-state index contributed by atoms with van der Waals surface area (Å²) in [6.07, 6.45) is 4.69. The Balaban J connectivity index is 0.00000205. The van der Waals surface area contributed by atoms with E-state index in [-0.39, 0.29) is 24.0 Å². The van der Waals surface area contributed by atoms with Crippen LogP contribution in [0.5, 0.6) is 0 Å². The molecule has 4 aromatic rings. The summed E-state index contributed by atoms with van der Waals surface area (Å²) in [5, 5.41) is 3.06. The lowest BCUT2D eigenvalue weighted by atomic mass is 9.81. The Labute approximate surface area is 174 Å². The molecule has 0 aliphatic heterocycles. The first-order chi connectivity index (χ1) is 13.6. The van der Waals surface area contributed by atoms with E-state index in [9.17, 15) is 9.59 Å². The van der Waals surface area contributed by atoms with Crippen molar-refractivity contribution in [2.45, 2.75) is 12.8 Å². The van der Waals surface area contributed by atoms with Crippen molar-refractivity contribution in [3.05, 3.63) is 60.0 Å². The number of carbonyl (C=O) groups excluding carboxylic acids is 2. The fraction of sp³-hybridized carbons (Fsp3) is 0.261. The second-order valence-electron chi connectivity index (χ2n) is 7.81. The third-order valence-corrected chi connectivity index (χ3v) is 5.78. The molecule has 1 atom stereocenters. The summed E-state index contributed by atoms with van der Waals surface area (Å²) in [4.78, 5) is 33.1. The van der Waals surface area contributed by atoms with Gasteiger partial charge in [-0.25, -0.2) is 4.98 Å². The smallest absolute Gasteiger partial charge is 0.177 e. The maximum atomic E-state index is 13.5. The molecular weight excluding hydrogens is 386 g/mol. The number of aromatic nitrogens is 2. The molecule has 2 heterocycles. The fourth-order valence-electron chi connectivity index (χ4n) is 4.48. The van der Waals surface area contributed by atoms with Crippen LogP contribution >= 0.6 is 12.4 Å². The normalized spacial score (nSPS) is 16.2. The molecule has 1 aliphatic rings. The van der Waals surface area contributed by atoms with Gasteiger partial charge >= 0.3 is 0 Å². The highest BCUT2D eigenvalue weighted by Crippen LogP contribution is 2.39. The Morgan fingerprint density at radius 1 is 1.07 bits per heavy atom. The highest BCUT2D eigenvalue weighted by Gasteiger charge is 2.38. The summed E-state index contributed by atoms with van der Waals surface area (Å²) in [6, 6.07) is 12.2. The summed E-state index contributed by atoms with van der Waals surface area (Å²) < 4.78 is 1.90. The quantitative estimate of drug-likeness (QED) is 0.470. The molecule has 29 heavy (non-hydrogen) atoms. The minimum atomic E-state index is -0.620. The molecule has 1 aliphatic carbocycles. The average Bonchev–Trinajstić information content (AvgIpc) is 3.04. The molecule has 2 aromatic carbocycles. The second kappa shape index (κ2) is 7.25. The highest BCUT2D eigenvalue weighted by molar-refractivity contribution is 6.33. The van der Waals surface area contributed by atoms with Crippen molar-refractivity contribution in [3.63, 3.8) is 0 Å². The number of carbonyl (C=O) groups is 2. The van der Waals surface area contributed by atoms with E-state index in [1.54, 1.807) is 12.5 Å². The molecular formula is C23H22ClN3O2. The van der Waals surface area contributed by atoms with Crippen LogP contribution in [-0.4, -0.2) is 46.5 Å². The maximum absolute atomic E-state index is 13.5. The number of hydrogen-bond donors (Lipinski definition) is 0. The lowest BCUT2D eigenvalue weighted by Crippen LogP contribution is -2.30. The molecule has 0 radical (unpaired) electrons. The summed E-state index contributed by atoms with van der Waals surface area (Å²) in [6.45, 7) is 0.853. The largest absolute Gasteiger partial charge is 0.309 e. The SMILES string of the molecule is CN(C)CCCC1C(=O)c2cncn3c2c(c2c4ccccc4ccc23)C1=O.Cl. The number of Topliss-reactive ketones (excluding diaryl/α,β-unsaturated/α-hetero) is 2. The molecule has 1 unspecified atom stereocenters. The van der Waals surface area contributed by atoms with Crippen LogP contribution in [-0.2, 0) is 0 Å². The van der Waals surface area contributed by atoms with Gasteiger partial charge in [-0.2, -0.15) is 0 Å². The van der Waals surface area contributed by atoms with Gasteiger partial charge in [0.15, 0.2) is 11.6 Å². The van der Waals surface area contributed by atoms with Gasteiger partial charge in [-0.05, 0) is 50.3 Å². The minimum Gasteiger partial charge on any atom is -0.309 e. The number of ketones is 2. The molecule has 148 valence electrons. The third-order valence-electron chi connectivity index (χ3n) is 5.78. The zero-order valence-corrected chi connectivity index (χ0v) is 17.2. The average molecular weight is 408 g/mol. The van der Waals surface area contributed by atoms with Crippen LogP contribution in [0.1, 0.15) is 33.6 Å². The number of benzene rings is 2. The van der Waals surface area contributed by atoms with Crippen molar-refractivity contribution < 1.29 is 9.59 Å². The van der Waals surface area contributed by atoms with Gasteiger partial charge in [0.1, 0.15) is 0 Å². The van der Waals surface area contributed by atoms with Crippen LogP contribution in [0.3, 0.4) is 0 Å². The van der Waals surface area contributed by atoms with Crippen LogP contribution in [0.15, 0.2) is 48.9 Å². The van der Waals surface area contributed by atoms with Crippen LogP contribution < -0.4 is 0 Å². The Kier molecular flexibility index (Phi) is 4.89. The van der Waals surface area contributed by atoms with Gasteiger partial charge in [-0.15, -0.1) is 12.4 Å². The van der Waals surface area contributed by atoms with Crippen molar-refractivity contribution in [3.8, 4) is 0 Å². The Bertz CT molecular complexity index is 1280. The predicted molar refractivity (Wildman–Crippen MR) is 117 cm³/mol. The number of nitrogens with zero attached hydrogens (tertiary/aromatic N) is 3. The molecule has 0 bridgehead atoms. The van der Waals surface area contributed by atoms with E-state index in [0.717, 1.165) is 34.6 Å². The lowest BCUT2D eigenvalue weighted by Gasteiger charge is -2.21. The molecule has 2 aromatic heterocycles. The van der Waals surface area contributed by atoms with Crippen molar-refractivity contribution in [1.82, 2.24) is 14.3 Å². The van der Waals surface area contributed by atoms with Crippen LogP contribution in [0, 0.1) is 5.92 Å². The maximum Gasteiger partial charge on any atom is 0.177 e. The van der Waals surface area contributed by atoms with E-state index in [1.165, 1.54) is 0 Å². The van der Waals surface area contributed by atoms with Gasteiger partial charge in [-0.1, -0.05) is 30.3 Å². The number of halogens is 1. The Hall–Kier alpha value is -2.76. The second-order valence-corrected chi connectivity index (χ2v) is 7.81. The molecule has 0 N–H and O–H groups in total. The standard InChI is InChI=1S/C23H21N3O2.ClH/c1-25(2)11-5-8-16-22(27)17-12-24-13-26-18-10-9-14-6-3-4-7-15(14)19(18)20(21(17)26)23(16)28;/h3-4,6-7,9-10,12-13,16H,5,8,11H2,1-2H3;1H. The van der Waals surface area contributed by atoms with Gasteiger partial charge in [-0.3, -0.25) is 14.0 Å². The summed E-state index contributed by atoms with van der Waals surface area (Å²) >= 11 is 0. The van der Waals surface area contributed by atoms with Gasteiger partial charge in [0.2, 0.25) is 0 Å². The van der Waals surface area contributed by atoms with Gasteiger partial charge in [0, 0.05) is 11.6 Å². The van der Waals surface area contributed by atoms with Gasteiger partial charge in [0.25, 0.3) is 0 Å². The molecule has 0 amide bonds. The van der Waals surface area contributed by atoms with E-state index < -0.39 is 5.92 Å². The number of fused-ring (bicyclic) bond motifs is 5. The zero-order valence-electron chi connectivity index (χ0n) is 16.4. The van der Waals surface area contributed by atoms with Crippen molar-refractivity contribution in [1.29, 1.82) is 0 Å². The van der Waals surface area contributed by atoms with E-state index in [0.29, 0.717) is 23.1 Å². The Morgan fingerprint density at radius 2 is 1.86 bits per heavy atom. The first-order valence-electron chi connectivity index (χ1n) is 9.60. The molecule has 0 saturated carbocycles. The fourth-order valence-corrected chi connectivity index (χ4v) is 4.48. The predicted octanol–water partition coefficient (Wildman–Crippen LogP) is 4.40. The van der Waals surface area contributed by atoms with Crippen molar-refractivity contribution in [2.75, 3.05) is 20.6 Å². The molecule has 0 fully saturated rings. The summed E-state index contributed by atoms with van der Waals surface area (Å²) in [7, 11) is 4.00. The monoisotopic (exact) mass is 407 g/mol. The highest BCUT2D eigenvalue weighted by atomic mass is 35.5. The first kappa shape index (κ1) is 19.6. The summed E-state index contributed by atoms with van der Waals surface area (Å²) in [5.41, 5.74) is 2.87. The molecule has 0 saturated heterocycles. The third kappa shape index (κ3) is 2.84. The molecule has 5 nitrogen and oxygen atoms in total. The topological polar surface area (TPSA) is 54.7 Å². The zero-order chi connectivity index (χ0) is 19.4. The summed E-state index contributed by atoms with van der Waals surface area (Å²) in [5.74, 6) is -0.766. The number of rotatable bonds is 4. The molecule has 6 heteroatoms. The van der Waals surface area contributed by atoms with E-state index in [4.69, 9.17) is 0 Å². The van der Waals surface area contributed by atoms with Gasteiger partial charge in [0.05, 0.1) is 34.4 Å². The lowest BCUT2D eigenvalue weighted by molar-refractivity contribution is 0.0791. The minimum absolute atomic E-state index is 0. The molecule has 0 spiro atoms.